The number of hydrogen-bond acceptors (Lipinski definition) is 2. The number of nitrogens with zero attached hydrogens (tertiary/aromatic N) is 1. The fourth-order valence-electron chi connectivity index (χ4n) is 3.92. The molecule has 0 unspecified atom stereocenters. The maximum absolute atomic E-state index is 15.1. The minimum Gasteiger partial charge on any atom is -0.380 e. The zero-order chi connectivity index (χ0) is 23.5. The average molecular weight is 449 g/mol. The molecule has 0 saturated heterocycles. The van der Waals surface area contributed by atoms with Gasteiger partial charge in [0.15, 0.2) is 0 Å². The summed E-state index contributed by atoms with van der Waals surface area (Å²) in [5, 5.41) is 9.67. The van der Waals surface area contributed by atoms with E-state index >= 15 is 4.39 Å². The van der Waals surface area contributed by atoms with E-state index in [1.165, 1.54) is 43.5 Å². The van der Waals surface area contributed by atoms with Crippen LogP contribution in [0.2, 0.25) is 0 Å². The molecule has 0 radical (unpaired) electrons. The first-order valence-corrected chi connectivity index (χ1v) is 10.3. The highest BCUT2D eigenvalue weighted by molar-refractivity contribution is 5.88. The van der Waals surface area contributed by atoms with Crippen LogP contribution in [0.1, 0.15) is 22.3 Å². The van der Waals surface area contributed by atoms with Crippen LogP contribution in [0.3, 0.4) is 0 Å². The summed E-state index contributed by atoms with van der Waals surface area (Å²) >= 11 is 0. The molecule has 166 valence electrons. The minimum atomic E-state index is -0.715. The summed E-state index contributed by atoms with van der Waals surface area (Å²) < 4.78 is 63.0. The Kier molecular flexibility index (Phi) is 6.43. The van der Waals surface area contributed by atoms with Gasteiger partial charge in [-0.25, -0.2) is 17.6 Å². The highest BCUT2D eigenvalue weighted by Crippen LogP contribution is 2.32. The van der Waals surface area contributed by atoms with Crippen molar-refractivity contribution in [3.8, 4) is 17.2 Å². The van der Waals surface area contributed by atoms with E-state index in [-0.39, 0.29) is 17.7 Å². The van der Waals surface area contributed by atoms with Gasteiger partial charge >= 0.3 is 0 Å². The van der Waals surface area contributed by atoms with Gasteiger partial charge < -0.3 is 4.74 Å². The molecule has 0 bridgehead atoms. The molecule has 4 rings (SSSR count). The van der Waals surface area contributed by atoms with Crippen molar-refractivity contribution in [2.45, 2.75) is 19.4 Å². The number of halogens is 4. The Bertz CT molecular complexity index is 1370. The van der Waals surface area contributed by atoms with Crippen LogP contribution in [0.15, 0.2) is 60.7 Å². The third-order valence-corrected chi connectivity index (χ3v) is 5.57. The van der Waals surface area contributed by atoms with E-state index in [1.54, 1.807) is 30.3 Å². The van der Waals surface area contributed by atoms with E-state index in [4.69, 9.17) is 10.00 Å². The second-order valence-electron chi connectivity index (χ2n) is 7.77. The summed E-state index contributed by atoms with van der Waals surface area (Å²) in [6.45, 7) is 0.0922. The standard InChI is InChI=1S/C27H19F4NO/c1-33-15-17-11-24(29)26(25(30)12-17)20-8-9-22-19(13-20)7-6-18(27(22)31)4-2-16-3-5-21(14-32)23(28)10-16/h3,5-13H,2,4,15H2,1H3. The van der Waals surface area contributed by atoms with Crippen LogP contribution in [0, 0.1) is 34.6 Å². The van der Waals surface area contributed by atoms with Gasteiger partial charge in [-0.3, -0.25) is 0 Å². The minimum absolute atomic E-state index is 0.0346. The van der Waals surface area contributed by atoms with Crippen LogP contribution in [0.25, 0.3) is 21.9 Å². The van der Waals surface area contributed by atoms with Gasteiger partial charge in [-0.1, -0.05) is 30.3 Å². The average Bonchev–Trinajstić information content (AvgIpc) is 2.78. The number of rotatable bonds is 6. The van der Waals surface area contributed by atoms with Crippen LogP contribution >= 0.6 is 0 Å². The molecule has 0 aromatic heterocycles. The van der Waals surface area contributed by atoms with Gasteiger partial charge in [-0.05, 0) is 70.8 Å². The van der Waals surface area contributed by atoms with Crippen molar-refractivity contribution in [2.75, 3.05) is 7.11 Å². The first-order valence-electron chi connectivity index (χ1n) is 10.3. The molecule has 0 aliphatic carbocycles. The Balaban J connectivity index is 1.62. The predicted molar refractivity (Wildman–Crippen MR) is 118 cm³/mol. The van der Waals surface area contributed by atoms with Crippen LogP contribution in [0.4, 0.5) is 17.6 Å². The predicted octanol–water partition coefficient (Wildman–Crippen LogP) is 6.87. The second-order valence-corrected chi connectivity index (χ2v) is 7.77. The van der Waals surface area contributed by atoms with E-state index in [1.807, 2.05) is 0 Å². The molecule has 0 N–H and O–H groups in total. The molecule has 0 fully saturated rings. The van der Waals surface area contributed by atoms with Gasteiger partial charge in [0.1, 0.15) is 29.3 Å². The number of aryl methyl sites for hydroxylation is 2. The normalized spacial score (nSPS) is 11.0. The second kappa shape index (κ2) is 9.43. The molecule has 4 aromatic carbocycles. The number of nitriles is 1. The molecule has 0 aliphatic rings. The Hall–Kier alpha value is -3.69. The number of benzene rings is 4. The number of hydrogen-bond donors (Lipinski definition) is 0. The summed E-state index contributed by atoms with van der Waals surface area (Å²) in [4.78, 5) is 0. The van der Waals surface area contributed by atoms with Gasteiger partial charge in [0.05, 0.1) is 17.7 Å². The zero-order valence-electron chi connectivity index (χ0n) is 17.8. The van der Waals surface area contributed by atoms with E-state index in [0.29, 0.717) is 45.9 Å². The fraction of sp³-hybridized carbons (Fsp3) is 0.148. The van der Waals surface area contributed by atoms with Crippen molar-refractivity contribution in [1.29, 1.82) is 5.26 Å². The lowest BCUT2D eigenvalue weighted by Gasteiger charge is -2.11. The summed E-state index contributed by atoms with van der Waals surface area (Å²) in [6, 6.07) is 16.4. The van der Waals surface area contributed by atoms with Crippen LogP contribution < -0.4 is 0 Å². The Morgan fingerprint density at radius 1 is 0.788 bits per heavy atom. The third kappa shape index (κ3) is 4.59. The van der Waals surface area contributed by atoms with Crippen LogP contribution in [0.5, 0.6) is 0 Å². The molecule has 0 aliphatic heterocycles. The molecule has 0 atom stereocenters. The van der Waals surface area contributed by atoms with Crippen molar-refractivity contribution >= 4 is 10.8 Å². The topological polar surface area (TPSA) is 33.0 Å². The first-order chi connectivity index (χ1) is 15.9. The third-order valence-electron chi connectivity index (χ3n) is 5.57. The Morgan fingerprint density at radius 3 is 2.18 bits per heavy atom. The Labute approximate surface area is 188 Å². The highest BCUT2D eigenvalue weighted by atomic mass is 19.1. The SMILES string of the molecule is COCc1cc(F)c(-c2ccc3c(F)c(CCc4ccc(C#N)c(F)c4)ccc3c2)c(F)c1. The van der Waals surface area contributed by atoms with Crippen LogP contribution in [-0.4, -0.2) is 7.11 Å². The van der Waals surface area contributed by atoms with Gasteiger partial charge in [-0.2, -0.15) is 5.26 Å². The fourth-order valence-corrected chi connectivity index (χ4v) is 3.92. The smallest absolute Gasteiger partial charge is 0.141 e. The number of ether oxygens (including phenoxy) is 1. The molecular formula is C27H19F4NO. The van der Waals surface area contributed by atoms with Gasteiger partial charge in [0.2, 0.25) is 0 Å². The van der Waals surface area contributed by atoms with E-state index < -0.39 is 23.3 Å². The lowest BCUT2D eigenvalue weighted by atomic mass is 9.96. The summed E-state index contributed by atoms with van der Waals surface area (Å²) in [5.74, 6) is -2.46. The largest absolute Gasteiger partial charge is 0.380 e. The van der Waals surface area contributed by atoms with E-state index in [0.717, 1.165) is 0 Å². The quantitative estimate of drug-likeness (QED) is 0.301. The van der Waals surface area contributed by atoms with Gasteiger partial charge in [0, 0.05) is 12.5 Å². The molecule has 4 aromatic rings. The zero-order valence-corrected chi connectivity index (χ0v) is 17.8. The van der Waals surface area contributed by atoms with E-state index in [2.05, 4.69) is 0 Å². The molecule has 0 heterocycles. The van der Waals surface area contributed by atoms with Crippen LogP contribution in [-0.2, 0) is 24.2 Å². The molecule has 0 amide bonds. The molecule has 0 spiro atoms. The Morgan fingerprint density at radius 2 is 1.52 bits per heavy atom. The first kappa shape index (κ1) is 22.5. The molecular weight excluding hydrogens is 430 g/mol. The maximum atomic E-state index is 15.1. The highest BCUT2D eigenvalue weighted by Gasteiger charge is 2.15. The summed E-state index contributed by atoms with van der Waals surface area (Å²) in [5.41, 5.74) is 1.58. The van der Waals surface area contributed by atoms with E-state index in [9.17, 15) is 13.2 Å². The number of fused-ring (bicyclic) bond motifs is 1. The van der Waals surface area contributed by atoms with Crippen molar-refractivity contribution in [3.05, 3.63) is 106 Å². The van der Waals surface area contributed by atoms with Crippen molar-refractivity contribution in [1.82, 2.24) is 0 Å². The maximum Gasteiger partial charge on any atom is 0.141 e. The molecule has 0 saturated carbocycles. The summed E-state index contributed by atoms with van der Waals surface area (Å²) in [6.07, 6.45) is 0.729. The lowest BCUT2D eigenvalue weighted by molar-refractivity contribution is 0.184. The molecule has 6 heteroatoms. The van der Waals surface area contributed by atoms with Gasteiger partial charge in [-0.15, -0.1) is 0 Å². The lowest BCUT2D eigenvalue weighted by Crippen LogP contribution is -1.98. The molecule has 2 nitrogen and oxygen atoms in total. The number of methoxy groups -OCH3 is 1. The van der Waals surface area contributed by atoms with Crippen molar-refractivity contribution < 1.29 is 22.3 Å². The monoisotopic (exact) mass is 449 g/mol. The van der Waals surface area contributed by atoms with Crippen molar-refractivity contribution in [2.24, 2.45) is 0 Å². The molecule has 33 heavy (non-hydrogen) atoms. The summed E-state index contributed by atoms with van der Waals surface area (Å²) in [7, 11) is 1.44. The van der Waals surface area contributed by atoms with Gasteiger partial charge in [0.25, 0.3) is 0 Å². The van der Waals surface area contributed by atoms with Crippen molar-refractivity contribution in [3.63, 3.8) is 0 Å².